The van der Waals surface area contributed by atoms with Gasteiger partial charge in [-0.3, -0.25) is 4.90 Å². The molecule has 1 N–H and O–H groups in total. The fourth-order valence-electron chi connectivity index (χ4n) is 2.12. The first-order chi connectivity index (χ1) is 10.5. The van der Waals surface area contributed by atoms with Gasteiger partial charge in [0, 0.05) is 19.2 Å². The molecular weight excluding hydrogens is 310 g/mol. The molecule has 2 rings (SSSR count). The van der Waals surface area contributed by atoms with Gasteiger partial charge >= 0.3 is 0 Å². The van der Waals surface area contributed by atoms with Gasteiger partial charge in [0.05, 0.1) is 6.67 Å². The van der Waals surface area contributed by atoms with Crippen molar-refractivity contribution in [3.8, 4) is 0 Å². The van der Waals surface area contributed by atoms with Crippen molar-refractivity contribution >= 4 is 12.2 Å². The van der Waals surface area contributed by atoms with E-state index in [9.17, 15) is 13.9 Å². The predicted molar refractivity (Wildman–Crippen MR) is 80.4 cm³/mol. The lowest BCUT2D eigenvalue weighted by Crippen LogP contribution is -2.27. The van der Waals surface area contributed by atoms with Crippen molar-refractivity contribution in [3.05, 3.63) is 46.0 Å². The minimum Gasteiger partial charge on any atom is -0.388 e. The smallest absolute Gasteiger partial charge is 0.198 e. The molecule has 5 nitrogen and oxygen atoms in total. The third kappa shape index (κ3) is 3.40. The maximum atomic E-state index is 13.7. The van der Waals surface area contributed by atoms with Crippen LogP contribution in [0, 0.1) is 16.4 Å². The molecule has 0 bridgehead atoms. The number of benzene rings is 1. The minimum atomic E-state index is -0.570. The van der Waals surface area contributed by atoms with E-state index in [1.807, 2.05) is 11.8 Å². The third-order valence-corrected chi connectivity index (χ3v) is 3.98. The van der Waals surface area contributed by atoms with Crippen LogP contribution in [0.2, 0.25) is 0 Å². The van der Waals surface area contributed by atoms with E-state index in [2.05, 4.69) is 5.10 Å². The molecule has 1 heterocycles. The molecule has 0 fully saturated rings. The molecule has 2 aromatic rings. The molecule has 0 radical (unpaired) electrons. The summed E-state index contributed by atoms with van der Waals surface area (Å²) >= 11 is 5.24. The second-order valence-corrected chi connectivity index (χ2v) is 5.27. The molecule has 0 aliphatic heterocycles. The average molecular weight is 328 g/mol. The maximum Gasteiger partial charge on any atom is 0.198 e. The van der Waals surface area contributed by atoms with Crippen molar-refractivity contribution < 1.29 is 13.9 Å². The SMILES string of the molecule is CCN(Cc1c(F)cccc1F)Cn1nc(CO)n(C)c1=S. The van der Waals surface area contributed by atoms with Gasteiger partial charge < -0.3 is 9.67 Å². The summed E-state index contributed by atoms with van der Waals surface area (Å²) in [6.07, 6.45) is 0. The highest BCUT2D eigenvalue weighted by atomic mass is 32.1. The van der Waals surface area contributed by atoms with Crippen LogP contribution in [0.15, 0.2) is 18.2 Å². The Kier molecular flexibility index (Phi) is 5.38. The monoisotopic (exact) mass is 328 g/mol. The summed E-state index contributed by atoms with van der Waals surface area (Å²) in [6, 6.07) is 3.82. The summed E-state index contributed by atoms with van der Waals surface area (Å²) in [5.41, 5.74) is 0.0224. The Hall–Kier alpha value is -1.64. The topological polar surface area (TPSA) is 46.2 Å². The van der Waals surface area contributed by atoms with E-state index in [1.54, 1.807) is 11.6 Å². The van der Waals surface area contributed by atoms with Crippen molar-refractivity contribution in [2.45, 2.75) is 26.7 Å². The lowest BCUT2D eigenvalue weighted by atomic mass is 10.2. The molecule has 1 aromatic carbocycles. The highest BCUT2D eigenvalue weighted by Gasteiger charge is 2.15. The molecule has 0 spiro atoms. The molecule has 0 saturated carbocycles. The van der Waals surface area contributed by atoms with Crippen LogP contribution in [0.25, 0.3) is 0 Å². The number of aliphatic hydroxyl groups is 1. The Bertz CT molecular complexity index is 693. The van der Waals surface area contributed by atoms with Crippen LogP contribution in [-0.2, 0) is 26.9 Å². The van der Waals surface area contributed by atoms with Crippen LogP contribution in [0.3, 0.4) is 0 Å². The first-order valence-corrected chi connectivity index (χ1v) is 7.27. The zero-order valence-electron chi connectivity index (χ0n) is 12.5. The Morgan fingerprint density at radius 2 is 1.95 bits per heavy atom. The predicted octanol–water partition coefficient (Wildman–Crippen LogP) is 2.20. The summed E-state index contributed by atoms with van der Waals surface area (Å²) in [7, 11) is 1.71. The van der Waals surface area contributed by atoms with E-state index in [0.29, 0.717) is 17.1 Å². The zero-order valence-corrected chi connectivity index (χ0v) is 13.3. The Morgan fingerprint density at radius 1 is 1.32 bits per heavy atom. The number of nitrogens with zero attached hydrogens (tertiary/aromatic N) is 4. The summed E-state index contributed by atoms with van der Waals surface area (Å²) in [5, 5.41) is 13.4. The van der Waals surface area contributed by atoms with E-state index in [-0.39, 0.29) is 25.4 Å². The van der Waals surface area contributed by atoms with E-state index < -0.39 is 11.6 Å². The van der Waals surface area contributed by atoms with Crippen molar-refractivity contribution in [1.82, 2.24) is 19.2 Å². The molecule has 0 aliphatic rings. The van der Waals surface area contributed by atoms with Crippen LogP contribution >= 0.6 is 12.2 Å². The van der Waals surface area contributed by atoms with Gasteiger partial charge in [-0.25, -0.2) is 13.5 Å². The zero-order chi connectivity index (χ0) is 16.3. The largest absolute Gasteiger partial charge is 0.388 e. The number of halogens is 2. The van der Waals surface area contributed by atoms with Crippen molar-refractivity contribution in [1.29, 1.82) is 0 Å². The van der Waals surface area contributed by atoms with Gasteiger partial charge in [-0.15, -0.1) is 0 Å². The van der Waals surface area contributed by atoms with Gasteiger partial charge in [0.1, 0.15) is 18.2 Å². The molecule has 22 heavy (non-hydrogen) atoms. The number of hydrogen-bond acceptors (Lipinski definition) is 4. The van der Waals surface area contributed by atoms with Gasteiger partial charge in [-0.2, -0.15) is 5.10 Å². The molecular formula is C14H18F2N4OS. The quantitative estimate of drug-likeness (QED) is 0.826. The minimum absolute atomic E-state index is 0.0224. The molecule has 0 saturated heterocycles. The second-order valence-electron chi connectivity index (χ2n) is 4.90. The van der Waals surface area contributed by atoms with Gasteiger partial charge in [-0.05, 0) is 30.9 Å². The van der Waals surface area contributed by atoms with Crippen molar-refractivity contribution in [2.75, 3.05) is 6.54 Å². The number of hydrogen-bond donors (Lipinski definition) is 1. The molecule has 1 aromatic heterocycles. The fraction of sp³-hybridized carbons (Fsp3) is 0.429. The Morgan fingerprint density at radius 3 is 2.45 bits per heavy atom. The van der Waals surface area contributed by atoms with Crippen LogP contribution in [0.5, 0.6) is 0 Å². The molecule has 8 heteroatoms. The summed E-state index contributed by atoms with van der Waals surface area (Å²) in [5.74, 6) is -0.698. The third-order valence-electron chi connectivity index (χ3n) is 3.50. The first-order valence-electron chi connectivity index (χ1n) is 6.86. The van der Waals surface area contributed by atoms with Gasteiger partial charge in [0.2, 0.25) is 0 Å². The highest BCUT2D eigenvalue weighted by Crippen LogP contribution is 2.15. The lowest BCUT2D eigenvalue weighted by molar-refractivity contribution is 0.200. The highest BCUT2D eigenvalue weighted by molar-refractivity contribution is 7.71. The van der Waals surface area contributed by atoms with Gasteiger partial charge in [-0.1, -0.05) is 13.0 Å². The van der Waals surface area contributed by atoms with Crippen LogP contribution in [-0.4, -0.2) is 30.9 Å². The van der Waals surface area contributed by atoms with Crippen LogP contribution < -0.4 is 0 Å². The van der Waals surface area contributed by atoms with Crippen LogP contribution in [0.1, 0.15) is 18.3 Å². The number of aromatic nitrogens is 3. The van der Waals surface area contributed by atoms with E-state index in [0.717, 1.165) is 0 Å². The molecule has 0 atom stereocenters. The van der Waals surface area contributed by atoms with Gasteiger partial charge in [0.15, 0.2) is 10.6 Å². The molecule has 0 unspecified atom stereocenters. The standard InChI is InChI=1S/C14H18F2N4OS/c1-3-19(7-10-11(15)5-4-6-12(10)16)9-20-14(22)18(2)13(8-21)17-20/h4-6,21H,3,7-9H2,1-2H3. The number of aliphatic hydroxyl groups excluding tert-OH is 1. The Balaban J connectivity index is 2.22. The Labute approximate surface area is 132 Å². The fourth-order valence-corrected chi connectivity index (χ4v) is 2.32. The normalized spacial score (nSPS) is 11.4. The van der Waals surface area contributed by atoms with Crippen molar-refractivity contribution in [3.63, 3.8) is 0 Å². The maximum absolute atomic E-state index is 13.7. The van der Waals surface area contributed by atoms with E-state index in [4.69, 9.17) is 12.2 Å². The summed E-state index contributed by atoms with van der Waals surface area (Å²) in [6.45, 7) is 2.64. The summed E-state index contributed by atoms with van der Waals surface area (Å²) in [4.78, 5) is 1.81. The van der Waals surface area contributed by atoms with Crippen molar-refractivity contribution in [2.24, 2.45) is 7.05 Å². The average Bonchev–Trinajstić information content (AvgIpc) is 2.77. The summed E-state index contributed by atoms with van der Waals surface area (Å²) < 4.78 is 31.1. The molecule has 120 valence electrons. The van der Waals surface area contributed by atoms with Gasteiger partial charge in [0.25, 0.3) is 0 Å². The second kappa shape index (κ2) is 7.08. The molecule has 0 aliphatic carbocycles. The van der Waals surface area contributed by atoms with Crippen LogP contribution in [0.4, 0.5) is 8.78 Å². The lowest BCUT2D eigenvalue weighted by Gasteiger charge is -2.20. The van der Waals surface area contributed by atoms with E-state index in [1.165, 1.54) is 22.9 Å². The van der Waals surface area contributed by atoms with E-state index >= 15 is 0 Å². The number of rotatable bonds is 6. The first kappa shape index (κ1) is 16.7. The molecule has 0 amide bonds.